The molecule has 1 aromatic carbocycles. The zero-order valence-electron chi connectivity index (χ0n) is 11.4. The number of nitrogens with one attached hydrogen (secondary N) is 1. The van der Waals surface area contributed by atoms with Crippen LogP contribution in [0.4, 0.5) is 5.82 Å². The second-order valence-electron chi connectivity index (χ2n) is 4.46. The van der Waals surface area contributed by atoms with Crippen LogP contribution in [0.15, 0.2) is 29.3 Å². The van der Waals surface area contributed by atoms with Crippen molar-refractivity contribution >= 4 is 21.7 Å². The van der Waals surface area contributed by atoms with Gasteiger partial charge in [-0.15, -0.1) is 0 Å². The molecule has 0 aliphatic heterocycles. The van der Waals surface area contributed by atoms with Gasteiger partial charge in [-0.25, -0.2) is 13.6 Å². The average Bonchev–Trinajstić information content (AvgIpc) is 2.73. The summed E-state index contributed by atoms with van der Waals surface area (Å²) >= 11 is 0. The quantitative estimate of drug-likeness (QED) is 0.753. The lowest BCUT2D eigenvalue weighted by Gasteiger charge is -2.07. The van der Waals surface area contributed by atoms with Gasteiger partial charge in [-0.3, -0.25) is 9.48 Å². The molecule has 9 heteroatoms. The monoisotopic (exact) mass is 310 g/mol. The molecule has 4 N–H and O–H groups in total. The van der Waals surface area contributed by atoms with Crippen LogP contribution < -0.4 is 10.5 Å². The topological polar surface area (TPSA) is 127 Å². The van der Waals surface area contributed by atoms with E-state index in [1.54, 1.807) is 6.92 Å². The van der Waals surface area contributed by atoms with Crippen molar-refractivity contribution in [2.45, 2.75) is 11.8 Å². The largest absolute Gasteiger partial charge is 0.508 e. The minimum atomic E-state index is -4.01. The third-order valence-corrected chi connectivity index (χ3v) is 3.80. The lowest BCUT2D eigenvalue weighted by molar-refractivity contribution is 0.102. The summed E-state index contributed by atoms with van der Waals surface area (Å²) in [4.78, 5) is 11.9. The molecular formula is C12H14N4O4S. The molecule has 0 aliphatic rings. The van der Waals surface area contributed by atoms with Gasteiger partial charge in [0.1, 0.15) is 10.6 Å². The highest BCUT2D eigenvalue weighted by atomic mass is 32.2. The maximum Gasteiger partial charge on any atom is 0.257 e. The van der Waals surface area contributed by atoms with E-state index in [0.29, 0.717) is 5.56 Å². The van der Waals surface area contributed by atoms with Crippen molar-refractivity contribution < 1.29 is 18.3 Å². The number of hydrogen-bond acceptors (Lipinski definition) is 5. The fourth-order valence-corrected chi connectivity index (χ4v) is 2.47. The SMILES string of the molecule is Cc1c(O)cccc1C(=O)Nc1nn(C)cc1S(N)(=O)=O. The molecule has 8 nitrogen and oxygen atoms in total. The van der Waals surface area contributed by atoms with Gasteiger partial charge in [0, 0.05) is 24.4 Å². The Kier molecular flexibility index (Phi) is 3.71. The van der Waals surface area contributed by atoms with Gasteiger partial charge < -0.3 is 10.4 Å². The molecule has 0 bridgehead atoms. The molecule has 0 saturated carbocycles. The summed E-state index contributed by atoms with van der Waals surface area (Å²) < 4.78 is 24.1. The fraction of sp³-hybridized carbons (Fsp3) is 0.167. The highest BCUT2D eigenvalue weighted by Crippen LogP contribution is 2.22. The van der Waals surface area contributed by atoms with E-state index >= 15 is 0 Å². The molecule has 0 aliphatic carbocycles. The number of aryl methyl sites for hydroxylation is 1. The Hall–Kier alpha value is -2.39. The molecule has 0 saturated heterocycles. The standard InChI is InChI=1S/C12H14N4O4S/c1-7-8(4-3-5-9(7)17)12(18)14-11-10(21(13,19)20)6-16(2)15-11/h3-6,17H,1-2H3,(H2,13,19,20)(H,14,15,18). The van der Waals surface area contributed by atoms with Crippen LogP contribution >= 0.6 is 0 Å². The summed E-state index contributed by atoms with van der Waals surface area (Å²) in [6.45, 7) is 1.57. The zero-order chi connectivity index (χ0) is 15.8. The van der Waals surface area contributed by atoms with E-state index in [4.69, 9.17) is 5.14 Å². The third-order valence-electron chi connectivity index (χ3n) is 2.88. The van der Waals surface area contributed by atoms with Crippen LogP contribution in [0.25, 0.3) is 0 Å². The van der Waals surface area contributed by atoms with E-state index < -0.39 is 15.9 Å². The van der Waals surface area contributed by atoms with Gasteiger partial charge in [-0.1, -0.05) is 6.07 Å². The van der Waals surface area contributed by atoms with Crippen molar-refractivity contribution in [3.05, 3.63) is 35.5 Å². The van der Waals surface area contributed by atoms with Crippen LogP contribution in [0.2, 0.25) is 0 Å². The third kappa shape index (κ3) is 3.03. The molecule has 112 valence electrons. The number of nitrogens with two attached hydrogens (primary N) is 1. The molecule has 2 rings (SSSR count). The molecule has 2 aromatic rings. The van der Waals surface area contributed by atoms with Gasteiger partial charge in [-0.05, 0) is 19.1 Å². The number of nitrogens with zero attached hydrogens (tertiary/aromatic N) is 2. The Bertz CT molecular complexity index is 811. The molecule has 0 fully saturated rings. The normalized spacial score (nSPS) is 11.4. The predicted molar refractivity (Wildman–Crippen MR) is 75.4 cm³/mol. The van der Waals surface area contributed by atoms with Crippen LogP contribution in [-0.2, 0) is 17.1 Å². The van der Waals surface area contributed by atoms with Crippen molar-refractivity contribution in [2.24, 2.45) is 12.2 Å². The molecule has 0 spiro atoms. The lowest BCUT2D eigenvalue weighted by Crippen LogP contribution is -2.18. The Morgan fingerprint density at radius 1 is 1.43 bits per heavy atom. The first-order valence-corrected chi connectivity index (χ1v) is 7.41. The number of primary sulfonamides is 1. The Morgan fingerprint density at radius 2 is 2.10 bits per heavy atom. The van der Waals surface area contributed by atoms with E-state index in [0.717, 1.165) is 0 Å². The minimum Gasteiger partial charge on any atom is -0.508 e. The van der Waals surface area contributed by atoms with Gasteiger partial charge in [0.2, 0.25) is 10.0 Å². The second-order valence-corrected chi connectivity index (χ2v) is 5.99. The summed E-state index contributed by atoms with van der Waals surface area (Å²) in [6.07, 6.45) is 1.19. The van der Waals surface area contributed by atoms with E-state index in [2.05, 4.69) is 10.4 Å². The molecule has 1 heterocycles. The molecular weight excluding hydrogens is 296 g/mol. The average molecular weight is 310 g/mol. The molecule has 1 amide bonds. The number of phenolic OH excluding ortho intramolecular Hbond substituents is 1. The summed E-state index contributed by atoms with van der Waals surface area (Å²) in [7, 11) is -2.50. The molecule has 1 aromatic heterocycles. The van der Waals surface area contributed by atoms with E-state index in [1.807, 2.05) is 0 Å². The van der Waals surface area contributed by atoms with Crippen LogP contribution in [0.5, 0.6) is 5.75 Å². The summed E-state index contributed by atoms with van der Waals surface area (Å²) in [5.74, 6) is -0.782. The first-order chi connectivity index (χ1) is 9.70. The number of sulfonamides is 1. The van der Waals surface area contributed by atoms with Crippen LogP contribution in [0.1, 0.15) is 15.9 Å². The van der Waals surface area contributed by atoms with Gasteiger partial charge in [0.25, 0.3) is 5.91 Å². The lowest BCUT2D eigenvalue weighted by atomic mass is 10.1. The summed E-state index contributed by atoms with van der Waals surface area (Å²) in [5, 5.41) is 20.9. The maximum atomic E-state index is 12.2. The smallest absolute Gasteiger partial charge is 0.257 e. The maximum absolute atomic E-state index is 12.2. The van der Waals surface area contributed by atoms with Crippen LogP contribution in [0, 0.1) is 6.92 Å². The Morgan fingerprint density at radius 3 is 2.71 bits per heavy atom. The molecule has 0 atom stereocenters. The fourth-order valence-electron chi connectivity index (χ4n) is 1.81. The number of aromatic nitrogens is 2. The van der Waals surface area contributed by atoms with E-state index in [-0.39, 0.29) is 22.0 Å². The van der Waals surface area contributed by atoms with Gasteiger partial charge in [0.05, 0.1) is 0 Å². The zero-order valence-corrected chi connectivity index (χ0v) is 12.2. The van der Waals surface area contributed by atoms with Gasteiger partial charge in [0.15, 0.2) is 5.82 Å². The Balaban J connectivity index is 2.39. The Labute approximate surface area is 121 Å². The molecule has 0 unspecified atom stereocenters. The first kappa shape index (κ1) is 15.0. The van der Waals surface area contributed by atoms with Crippen molar-refractivity contribution in [1.29, 1.82) is 0 Å². The second kappa shape index (κ2) is 5.19. The number of amides is 1. The van der Waals surface area contributed by atoms with Gasteiger partial charge in [-0.2, -0.15) is 5.10 Å². The van der Waals surface area contributed by atoms with E-state index in [9.17, 15) is 18.3 Å². The van der Waals surface area contributed by atoms with Crippen LogP contribution in [0.3, 0.4) is 0 Å². The highest BCUT2D eigenvalue weighted by Gasteiger charge is 2.21. The highest BCUT2D eigenvalue weighted by molar-refractivity contribution is 7.89. The van der Waals surface area contributed by atoms with Crippen molar-refractivity contribution in [2.75, 3.05) is 5.32 Å². The first-order valence-electron chi connectivity index (χ1n) is 5.86. The van der Waals surface area contributed by atoms with Crippen molar-refractivity contribution in [3.8, 4) is 5.75 Å². The number of hydrogen-bond donors (Lipinski definition) is 3. The summed E-state index contributed by atoms with van der Waals surface area (Å²) in [6, 6.07) is 4.46. The number of carbonyl (C=O) groups excluding carboxylic acids is 1. The van der Waals surface area contributed by atoms with Crippen molar-refractivity contribution in [3.63, 3.8) is 0 Å². The number of rotatable bonds is 3. The number of carbonyl (C=O) groups is 1. The summed E-state index contributed by atoms with van der Waals surface area (Å²) in [5.41, 5.74) is 0.587. The molecule has 21 heavy (non-hydrogen) atoms. The number of benzene rings is 1. The van der Waals surface area contributed by atoms with Crippen molar-refractivity contribution in [1.82, 2.24) is 9.78 Å². The minimum absolute atomic E-state index is 0.0321. The number of aromatic hydroxyl groups is 1. The molecule has 0 radical (unpaired) electrons. The van der Waals surface area contributed by atoms with Gasteiger partial charge >= 0.3 is 0 Å². The number of anilines is 1. The van der Waals surface area contributed by atoms with E-state index in [1.165, 1.54) is 36.1 Å². The van der Waals surface area contributed by atoms with Crippen LogP contribution in [-0.4, -0.2) is 29.2 Å². The predicted octanol–water partition coefficient (Wildman–Crippen LogP) is 0.334. The number of phenols is 1.